The molecular formula is C17H22N2O3. The first kappa shape index (κ1) is 16.3. The Morgan fingerprint density at radius 1 is 0.727 bits per heavy atom. The van der Waals surface area contributed by atoms with Gasteiger partial charge in [-0.05, 0) is 36.1 Å². The molecule has 5 heteroatoms. The van der Waals surface area contributed by atoms with Crippen molar-refractivity contribution in [1.82, 2.24) is 0 Å². The number of phenols is 2. The largest absolute Gasteiger partial charge is 0.508 e. The van der Waals surface area contributed by atoms with Gasteiger partial charge in [0, 0.05) is 12.1 Å². The van der Waals surface area contributed by atoms with Crippen molar-refractivity contribution in [2.24, 2.45) is 11.5 Å². The maximum Gasteiger partial charge on any atom is 0.118 e. The summed E-state index contributed by atoms with van der Waals surface area (Å²) in [5.41, 5.74) is 13.4. The molecule has 5 nitrogen and oxygen atoms in total. The lowest BCUT2D eigenvalue weighted by Gasteiger charge is -2.25. The second-order valence-electron chi connectivity index (χ2n) is 5.48. The molecule has 0 saturated heterocycles. The Morgan fingerprint density at radius 3 is 1.45 bits per heavy atom. The molecule has 2 atom stereocenters. The third kappa shape index (κ3) is 3.98. The first-order chi connectivity index (χ1) is 10.5. The van der Waals surface area contributed by atoms with Gasteiger partial charge in [0.05, 0.1) is 6.10 Å². The van der Waals surface area contributed by atoms with Gasteiger partial charge in [0.15, 0.2) is 0 Å². The van der Waals surface area contributed by atoms with Gasteiger partial charge >= 0.3 is 0 Å². The molecule has 2 aromatic rings. The topological polar surface area (TPSA) is 113 Å². The second-order valence-corrected chi connectivity index (χ2v) is 5.48. The molecule has 0 aromatic heterocycles. The summed E-state index contributed by atoms with van der Waals surface area (Å²) >= 11 is 0. The van der Waals surface area contributed by atoms with Gasteiger partial charge in [-0.25, -0.2) is 0 Å². The summed E-state index contributed by atoms with van der Waals surface area (Å²) in [7, 11) is 0. The van der Waals surface area contributed by atoms with E-state index in [4.69, 9.17) is 11.5 Å². The second kappa shape index (κ2) is 7.26. The zero-order valence-electron chi connectivity index (χ0n) is 12.3. The van der Waals surface area contributed by atoms with Crippen molar-refractivity contribution in [3.8, 4) is 11.5 Å². The molecule has 0 heterocycles. The molecule has 0 saturated carbocycles. The highest BCUT2D eigenvalue weighted by molar-refractivity contribution is 5.34. The van der Waals surface area contributed by atoms with Crippen LogP contribution in [0.3, 0.4) is 0 Å². The maximum absolute atomic E-state index is 10.3. The van der Waals surface area contributed by atoms with E-state index in [1.165, 1.54) is 0 Å². The van der Waals surface area contributed by atoms with Crippen LogP contribution in [0.15, 0.2) is 48.5 Å². The van der Waals surface area contributed by atoms with Crippen molar-refractivity contribution >= 4 is 0 Å². The number of hydrogen-bond donors (Lipinski definition) is 5. The molecule has 2 aromatic carbocycles. The molecule has 0 amide bonds. The van der Waals surface area contributed by atoms with E-state index in [0.29, 0.717) is 24.0 Å². The minimum atomic E-state index is -0.945. The van der Waals surface area contributed by atoms with E-state index in [9.17, 15) is 15.3 Å². The van der Waals surface area contributed by atoms with Gasteiger partial charge in [0.1, 0.15) is 11.5 Å². The number of phenolic OH excluding ortho intramolecular Hbond substituents is 2. The fourth-order valence-electron chi connectivity index (χ4n) is 2.43. The van der Waals surface area contributed by atoms with Crippen LogP contribution in [-0.2, 0) is 12.8 Å². The standard InChI is InChI=1S/C17H22N2O3/c18-13(9-11-5-1-3-7-15(11)20)17(22)14(19)10-12-6-2-4-8-16(12)21/h1-8,13-14,17,20-22H,9-10,18-19H2. The lowest BCUT2D eigenvalue weighted by Crippen LogP contribution is -2.49. The molecule has 0 spiro atoms. The molecule has 118 valence electrons. The van der Waals surface area contributed by atoms with Gasteiger partial charge in [-0.3, -0.25) is 0 Å². The van der Waals surface area contributed by atoms with Crippen molar-refractivity contribution < 1.29 is 15.3 Å². The molecule has 0 aliphatic heterocycles. The Bertz CT molecular complexity index is 565. The van der Waals surface area contributed by atoms with Gasteiger partial charge < -0.3 is 26.8 Å². The molecular weight excluding hydrogens is 280 g/mol. The van der Waals surface area contributed by atoms with E-state index in [-0.39, 0.29) is 11.5 Å². The monoisotopic (exact) mass is 302 g/mol. The highest BCUT2D eigenvalue weighted by Gasteiger charge is 2.24. The number of aliphatic hydroxyl groups excluding tert-OH is 1. The Balaban J connectivity index is 1.99. The minimum absolute atomic E-state index is 0.152. The quantitative estimate of drug-likeness (QED) is 0.544. The van der Waals surface area contributed by atoms with E-state index < -0.39 is 18.2 Å². The number of nitrogens with two attached hydrogens (primary N) is 2. The fraction of sp³-hybridized carbons (Fsp3) is 0.294. The summed E-state index contributed by atoms with van der Waals surface area (Å²) in [6.07, 6.45) is -0.302. The molecule has 7 N–H and O–H groups in total. The van der Waals surface area contributed by atoms with Crippen LogP contribution < -0.4 is 11.5 Å². The molecule has 0 aliphatic carbocycles. The minimum Gasteiger partial charge on any atom is -0.508 e. The first-order valence-electron chi connectivity index (χ1n) is 7.22. The normalized spacial score (nSPS) is 15.2. The predicted molar refractivity (Wildman–Crippen MR) is 85.6 cm³/mol. The maximum atomic E-state index is 10.3. The number of rotatable bonds is 6. The lowest BCUT2D eigenvalue weighted by molar-refractivity contribution is 0.115. The fourth-order valence-corrected chi connectivity index (χ4v) is 2.43. The number of benzene rings is 2. The molecule has 0 bridgehead atoms. The average molecular weight is 302 g/mol. The van der Waals surface area contributed by atoms with Crippen molar-refractivity contribution in [1.29, 1.82) is 0 Å². The Kier molecular flexibility index (Phi) is 5.38. The SMILES string of the molecule is NC(Cc1ccccc1O)C(O)C(N)Cc1ccccc1O. The van der Waals surface area contributed by atoms with E-state index in [2.05, 4.69) is 0 Å². The zero-order chi connectivity index (χ0) is 16.1. The van der Waals surface area contributed by atoms with Gasteiger partial charge in [-0.1, -0.05) is 36.4 Å². The highest BCUT2D eigenvalue weighted by atomic mass is 16.3. The van der Waals surface area contributed by atoms with Crippen molar-refractivity contribution in [2.45, 2.75) is 31.0 Å². The summed E-state index contributed by atoms with van der Waals surface area (Å²) in [5.74, 6) is 0.304. The molecule has 0 fully saturated rings. The molecule has 2 rings (SSSR count). The van der Waals surface area contributed by atoms with Gasteiger partial charge in [0.25, 0.3) is 0 Å². The Labute approximate surface area is 129 Å². The Morgan fingerprint density at radius 2 is 1.09 bits per heavy atom. The van der Waals surface area contributed by atoms with E-state index in [1.54, 1.807) is 48.5 Å². The Hall–Kier alpha value is -2.08. The van der Waals surface area contributed by atoms with E-state index in [1.807, 2.05) is 0 Å². The van der Waals surface area contributed by atoms with E-state index in [0.717, 1.165) is 0 Å². The summed E-state index contributed by atoms with van der Waals surface area (Å²) in [6, 6.07) is 12.5. The zero-order valence-corrected chi connectivity index (χ0v) is 12.3. The van der Waals surface area contributed by atoms with Crippen molar-refractivity contribution in [3.05, 3.63) is 59.7 Å². The molecule has 0 radical (unpaired) electrons. The third-order valence-electron chi connectivity index (χ3n) is 3.77. The first-order valence-corrected chi connectivity index (χ1v) is 7.22. The smallest absolute Gasteiger partial charge is 0.118 e. The number of aliphatic hydroxyl groups is 1. The summed E-state index contributed by atoms with van der Waals surface area (Å²) < 4.78 is 0. The van der Waals surface area contributed by atoms with Crippen LogP contribution in [0.2, 0.25) is 0 Å². The van der Waals surface area contributed by atoms with Gasteiger partial charge in [0.2, 0.25) is 0 Å². The summed E-state index contributed by atoms with van der Waals surface area (Å²) in [4.78, 5) is 0. The summed E-state index contributed by atoms with van der Waals surface area (Å²) in [6.45, 7) is 0. The number of aromatic hydroxyl groups is 2. The van der Waals surface area contributed by atoms with Gasteiger partial charge in [-0.15, -0.1) is 0 Å². The third-order valence-corrected chi connectivity index (χ3v) is 3.77. The van der Waals surface area contributed by atoms with Crippen molar-refractivity contribution in [3.63, 3.8) is 0 Å². The molecule has 22 heavy (non-hydrogen) atoms. The van der Waals surface area contributed by atoms with Crippen LogP contribution >= 0.6 is 0 Å². The summed E-state index contributed by atoms with van der Waals surface area (Å²) in [5, 5.41) is 29.8. The predicted octanol–water partition coefficient (Wildman–Crippen LogP) is 0.898. The number of para-hydroxylation sites is 2. The lowest BCUT2D eigenvalue weighted by atomic mass is 9.93. The van der Waals surface area contributed by atoms with Crippen LogP contribution in [0.1, 0.15) is 11.1 Å². The van der Waals surface area contributed by atoms with Crippen LogP contribution in [-0.4, -0.2) is 33.5 Å². The van der Waals surface area contributed by atoms with Gasteiger partial charge in [-0.2, -0.15) is 0 Å². The van der Waals surface area contributed by atoms with Crippen molar-refractivity contribution in [2.75, 3.05) is 0 Å². The van der Waals surface area contributed by atoms with Crippen LogP contribution in [0, 0.1) is 0 Å². The molecule has 2 unspecified atom stereocenters. The van der Waals surface area contributed by atoms with Crippen LogP contribution in [0.4, 0.5) is 0 Å². The highest BCUT2D eigenvalue weighted by Crippen LogP contribution is 2.20. The number of hydrogen-bond acceptors (Lipinski definition) is 5. The van der Waals surface area contributed by atoms with Crippen LogP contribution in [0.25, 0.3) is 0 Å². The average Bonchev–Trinajstić information content (AvgIpc) is 2.51. The van der Waals surface area contributed by atoms with Crippen LogP contribution in [0.5, 0.6) is 11.5 Å². The van der Waals surface area contributed by atoms with E-state index >= 15 is 0 Å². The molecule has 0 aliphatic rings.